The molecule has 0 saturated carbocycles. The van der Waals surface area contributed by atoms with Crippen molar-refractivity contribution in [2.75, 3.05) is 32.7 Å². The highest BCUT2D eigenvalue weighted by Crippen LogP contribution is 2.30. The second-order valence-electron chi connectivity index (χ2n) is 8.88. The molecule has 0 spiro atoms. The molecule has 2 aliphatic rings. The van der Waals surface area contributed by atoms with E-state index >= 15 is 0 Å². The van der Waals surface area contributed by atoms with Crippen molar-refractivity contribution >= 4 is 27.5 Å². The molecule has 158 valence electrons. The zero-order valence-electron chi connectivity index (χ0n) is 18.0. The summed E-state index contributed by atoms with van der Waals surface area (Å²) in [5.74, 6) is 1.29. The van der Waals surface area contributed by atoms with Gasteiger partial charge in [0, 0.05) is 30.4 Å². The first-order chi connectivity index (χ1) is 13.9. The summed E-state index contributed by atoms with van der Waals surface area (Å²) in [6, 6.07) is 0.0801. The number of fused-ring (bicyclic) bond motifs is 1. The average Bonchev–Trinajstić information content (AvgIpc) is 3.31. The van der Waals surface area contributed by atoms with Crippen molar-refractivity contribution < 1.29 is 4.79 Å². The molecule has 7 heteroatoms. The molecule has 2 fully saturated rings. The number of amides is 1. The minimum atomic E-state index is 0.0801. The Balaban J connectivity index is 1.65. The Morgan fingerprint density at radius 1 is 1.17 bits per heavy atom. The predicted molar refractivity (Wildman–Crippen MR) is 118 cm³/mol. The summed E-state index contributed by atoms with van der Waals surface area (Å²) in [7, 11) is 0. The molecule has 2 aromatic heterocycles. The zero-order chi connectivity index (χ0) is 20.7. The van der Waals surface area contributed by atoms with Crippen molar-refractivity contribution in [3.05, 3.63) is 26.6 Å². The molecule has 0 aromatic carbocycles. The van der Waals surface area contributed by atoms with Gasteiger partial charge >= 0.3 is 0 Å². The first-order valence-corrected chi connectivity index (χ1v) is 11.7. The highest BCUT2D eigenvalue weighted by molar-refractivity contribution is 7.18. The number of piperidine rings is 1. The quantitative estimate of drug-likeness (QED) is 0.766. The lowest BCUT2D eigenvalue weighted by Gasteiger charge is -2.35. The molecule has 0 radical (unpaired) electrons. The predicted octanol–water partition coefficient (Wildman–Crippen LogP) is 3.46. The van der Waals surface area contributed by atoms with E-state index in [2.05, 4.69) is 25.7 Å². The SMILES string of the molecule is Cc1sc2nc(C(C)C)n(C3CCCN(CC(=O)N4CCCC4)C3)c(=O)c2c1C. The van der Waals surface area contributed by atoms with Crippen LogP contribution in [0.4, 0.5) is 0 Å². The van der Waals surface area contributed by atoms with Crippen LogP contribution in [0.3, 0.4) is 0 Å². The molecule has 2 saturated heterocycles. The van der Waals surface area contributed by atoms with E-state index in [4.69, 9.17) is 4.98 Å². The lowest BCUT2D eigenvalue weighted by Crippen LogP contribution is -2.45. The number of thiophene rings is 1. The first-order valence-electron chi connectivity index (χ1n) is 10.9. The van der Waals surface area contributed by atoms with E-state index < -0.39 is 0 Å². The van der Waals surface area contributed by atoms with Crippen molar-refractivity contribution in [3.63, 3.8) is 0 Å². The van der Waals surface area contributed by atoms with Gasteiger partial charge in [-0.05, 0) is 51.6 Å². The molecule has 4 rings (SSSR count). The van der Waals surface area contributed by atoms with E-state index in [0.29, 0.717) is 6.54 Å². The second kappa shape index (κ2) is 8.19. The van der Waals surface area contributed by atoms with Gasteiger partial charge in [0.05, 0.1) is 18.0 Å². The highest BCUT2D eigenvalue weighted by Gasteiger charge is 2.29. The minimum absolute atomic E-state index is 0.0801. The maximum atomic E-state index is 13.6. The van der Waals surface area contributed by atoms with E-state index in [9.17, 15) is 9.59 Å². The van der Waals surface area contributed by atoms with Crippen molar-refractivity contribution in [2.24, 2.45) is 0 Å². The summed E-state index contributed by atoms with van der Waals surface area (Å²) in [5.41, 5.74) is 1.15. The van der Waals surface area contributed by atoms with Crippen LogP contribution in [0.2, 0.25) is 0 Å². The fourth-order valence-electron chi connectivity index (χ4n) is 4.73. The molecule has 1 amide bonds. The van der Waals surface area contributed by atoms with E-state index in [1.165, 1.54) is 4.88 Å². The minimum Gasteiger partial charge on any atom is -0.342 e. The van der Waals surface area contributed by atoms with Crippen LogP contribution in [0.1, 0.15) is 67.8 Å². The molecular weight excluding hydrogens is 384 g/mol. The van der Waals surface area contributed by atoms with Crippen LogP contribution in [-0.4, -0.2) is 58.0 Å². The molecule has 0 aliphatic carbocycles. The van der Waals surface area contributed by atoms with Gasteiger partial charge in [-0.3, -0.25) is 19.1 Å². The van der Waals surface area contributed by atoms with Gasteiger partial charge in [0.1, 0.15) is 10.7 Å². The summed E-state index contributed by atoms with van der Waals surface area (Å²) in [5, 5.41) is 0.780. The van der Waals surface area contributed by atoms with E-state index in [0.717, 1.165) is 73.5 Å². The van der Waals surface area contributed by atoms with Gasteiger partial charge in [0.15, 0.2) is 0 Å². The van der Waals surface area contributed by atoms with E-state index in [1.54, 1.807) is 11.3 Å². The van der Waals surface area contributed by atoms with Crippen LogP contribution in [-0.2, 0) is 4.79 Å². The van der Waals surface area contributed by atoms with Gasteiger partial charge in [-0.2, -0.15) is 0 Å². The number of rotatable bonds is 4. The van der Waals surface area contributed by atoms with E-state index in [-0.39, 0.29) is 23.4 Å². The Morgan fingerprint density at radius 2 is 1.90 bits per heavy atom. The third-order valence-electron chi connectivity index (χ3n) is 6.44. The fraction of sp³-hybridized carbons (Fsp3) is 0.682. The summed E-state index contributed by atoms with van der Waals surface area (Å²) in [6.07, 6.45) is 4.20. The number of carbonyl (C=O) groups excluding carboxylic acids is 1. The highest BCUT2D eigenvalue weighted by atomic mass is 32.1. The van der Waals surface area contributed by atoms with Crippen LogP contribution in [0, 0.1) is 13.8 Å². The summed E-state index contributed by atoms with van der Waals surface area (Å²) in [4.78, 5) is 37.4. The van der Waals surface area contributed by atoms with Crippen LogP contribution in [0.15, 0.2) is 4.79 Å². The van der Waals surface area contributed by atoms with Gasteiger partial charge in [0.25, 0.3) is 5.56 Å². The number of aromatic nitrogens is 2. The van der Waals surface area contributed by atoms with Crippen molar-refractivity contribution in [1.29, 1.82) is 0 Å². The van der Waals surface area contributed by atoms with Crippen molar-refractivity contribution in [1.82, 2.24) is 19.4 Å². The monoisotopic (exact) mass is 416 g/mol. The number of aryl methyl sites for hydroxylation is 2. The number of likely N-dealkylation sites (tertiary alicyclic amines) is 2. The van der Waals surface area contributed by atoms with Crippen LogP contribution >= 0.6 is 11.3 Å². The standard InChI is InChI=1S/C22H32N4O2S/c1-14(2)20-23-21-19(15(3)16(4)29-21)22(28)26(20)17-8-7-9-24(12-17)13-18(27)25-10-5-6-11-25/h14,17H,5-13H2,1-4H3. The molecule has 1 unspecified atom stereocenters. The number of hydrogen-bond donors (Lipinski definition) is 0. The third-order valence-corrected chi connectivity index (χ3v) is 7.54. The summed E-state index contributed by atoms with van der Waals surface area (Å²) >= 11 is 1.62. The van der Waals surface area contributed by atoms with Gasteiger partial charge in [-0.15, -0.1) is 11.3 Å². The first kappa shape index (κ1) is 20.5. The van der Waals surface area contributed by atoms with Crippen LogP contribution < -0.4 is 5.56 Å². The van der Waals surface area contributed by atoms with Crippen molar-refractivity contribution in [2.45, 2.75) is 65.3 Å². The molecule has 2 aromatic rings. The topological polar surface area (TPSA) is 58.4 Å². The lowest BCUT2D eigenvalue weighted by molar-refractivity contribution is -0.131. The molecular formula is C22H32N4O2S. The Morgan fingerprint density at radius 3 is 2.59 bits per heavy atom. The molecule has 2 aliphatic heterocycles. The largest absolute Gasteiger partial charge is 0.342 e. The number of nitrogens with zero attached hydrogens (tertiary/aromatic N) is 4. The summed E-state index contributed by atoms with van der Waals surface area (Å²) in [6.45, 7) is 12.2. The average molecular weight is 417 g/mol. The van der Waals surface area contributed by atoms with Gasteiger partial charge in [0.2, 0.25) is 5.91 Å². The van der Waals surface area contributed by atoms with Gasteiger partial charge < -0.3 is 4.90 Å². The van der Waals surface area contributed by atoms with Crippen LogP contribution in [0.25, 0.3) is 10.2 Å². The maximum Gasteiger partial charge on any atom is 0.262 e. The smallest absolute Gasteiger partial charge is 0.262 e. The second-order valence-corrected chi connectivity index (χ2v) is 10.1. The number of hydrogen-bond acceptors (Lipinski definition) is 5. The Bertz CT molecular complexity index is 971. The fourth-order valence-corrected chi connectivity index (χ4v) is 5.75. The zero-order valence-corrected chi connectivity index (χ0v) is 18.8. The van der Waals surface area contributed by atoms with Gasteiger partial charge in [-0.1, -0.05) is 13.8 Å². The molecule has 1 atom stereocenters. The Kier molecular flexibility index (Phi) is 5.80. The lowest BCUT2D eigenvalue weighted by atomic mass is 10.0. The molecule has 29 heavy (non-hydrogen) atoms. The Hall–Kier alpha value is -1.73. The van der Waals surface area contributed by atoms with Crippen molar-refractivity contribution in [3.8, 4) is 0 Å². The van der Waals surface area contributed by atoms with E-state index in [1.807, 2.05) is 16.4 Å². The normalized spacial score (nSPS) is 20.9. The third kappa shape index (κ3) is 3.87. The maximum absolute atomic E-state index is 13.6. The van der Waals surface area contributed by atoms with Crippen LogP contribution in [0.5, 0.6) is 0 Å². The summed E-state index contributed by atoms with van der Waals surface area (Å²) < 4.78 is 1.96. The molecule has 0 N–H and O–H groups in total. The molecule has 6 nitrogen and oxygen atoms in total. The van der Waals surface area contributed by atoms with Gasteiger partial charge in [-0.25, -0.2) is 4.98 Å². The molecule has 0 bridgehead atoms. The molecule has 4 heterocycles. The number of carbonyl (C=O) groups is 1. The Labute approximate surface area is 176 Å².